The summed E-state index contributed by atoms with van der Waals surface area (Å²) < 4.78 is 10.6. The summed E-state index contributed by atoms with van der Waals surface area (Å²) in [5, 5.41) is 0. The van der Waals surface area contributed by atoms with Crippen LogP contribution < -0.4 is 10.5 Å². The van der Waals surface area contributed by atoms with Gasteiger partial charge in [-0.05, 0) is 24.5 Å². The van der Waals surface area contributed by atoms with Gasteiger partial charge in [0.1, 0.15) is 5.75 Å². The third kappa shape index (κ3) is 2.19. The predicted octanol–water partition coefficient (Wildman–Crippen LogP) is 2.39. The first kappa shape index (κ1) is 11.0. The van der Waals surface area contributed by atoms with Gasteiger partial charge in [0.2, 0.25) is 0 Å². The van der Waals surface area contributed by atoms with Crippen LogP contribution in [-0.2, 0) is 4.74 Å². The zero-order valence-corrected chi connectivity index (χ0v) is 9.48. The fourth-order valence-electron chi connectivity index (χ4n) is 1.94. The molecule has 1 atom stereocenters. The minimum Gasteiger partial charge on any atom is -0.501 e. The Kier molecular flexibility index (Phi) is 3.47. The maximum Gasteiger partial charge on any atom is 0.123 e. The molecule has 3 nitrogen and oxygen atoms in total. The molecule has 0 aromatic heterocycles. The highest BCUT2D eigenvalue weighted by molar-refractivity contribution is 5.39. The molecule has 0 saturated heterocycles. The van der Waals surface area contributed by atoms with E-state index in [-0.39, 0.29) is 6.04 Å². The lowest BCUT2D eigenvalue weighted by Crippen LogP contribution is -2.17. The number of benzene rings is 1. The summed E-state index contributed by atoms with van der Waals surface area (Å²) >= 11 is 0. The molecule has 0 saturated carbocycles. The average molecular weight is 219 g/mol. The fraction of sp³-hybridized carbons (Fsp3) is 0.385. The van der Waals surface area contributed by atoms with Gasteiger partial charge in [-0.15, -0.1) is 0 Å². The van der Waals surface area contributed by atoms with Crippen molar-refractivity contribution in [3.63, 3.8) is 0 Å². The van der Waals surface area contributed by atoms with Crippen molar-refractivity contribution in [3.8, 4) is 5.75 Å². The van der Waals surface area contributed by atoms with Gasteiger partial charge in [-0.1, -0.05) is 18.2 Å². The summed E-state index contributed by atoms with van der Waals surface area (Å²) in [7, 11) is 1.66. The lowest BCUT2D eigenvalue weighted by Gasteiger charge is -2.21. The molecule has 0 spiro atoms. The third-order valence-corrected chi connectivity index (χ3v) is 2.84. The lowest BCUT2D eigenvalue weighted by molar-refractivity contribution is 0.221. The van der Waals surface area contributed by atoms with Crippen LogP contribution in [0.3, 0.4) is 0 Å². The van der Waals surface area contributed by atoms with E-state index < -0.39 is 0 Å². The van der Waals surface area contributed by atoms with E-state index in [2.05, 4.69) is 0 Å². The van der Waals surface area contributed by atoms with Crippen molar-refractivity contribution in [2.75, 3.05) is 13.7 Å². The van der Waals surface area contributed by atoms with E-state index in [1.807, 2.05) is 24.3 Å². The molecule has 0 bridgehead atoms. The van der Waals surface area contributed by atoms with Gasteiger partial charge in [0.25, 0.3) is 0 Å². The molecular formula is C13H17NO2. The molecule has 1 aliphatic heterocycles. The molecular weight excluding hydrogens is 202 g/mol. The highest BCUT2D eigenvalue weighted by Gasteiger charge is 2.17. The summed E-state index contributed by atoms with van der Waals surface area (Å²) in [5.41, 5.74) is 8.37. The molecule has 16 heavy (non-hydrogen) atoms. The highest BCUT2D eigenvalue weighted by atomic mass is 16.5. The summed E-state index contributed by atoms with van der Waals surface area (Å²) in [6, 6.07) is 7.72. The van der Waals surface area contributed by atoms with Gasteiger partial charge in [0.15, 0.2) is 0 Å². The maximum atomic E-state index is 6.22. The lowest BCUT2D eigenvalue weighted by atomic mass is 9.95. The van der Waals surface area contributed by atoms with Crippen molar-refractivity contribution >= 4 is 0 Å². The second-order valence-corrected chi connectivity index (χ2v) is 3.89. The van der Waals surface area contributed by atoms with Gasteiger partial charge in [-0.2, -0.15) is 0 Å². The Balaban J connectivity index is 2.25. The summed E-state index contributed by atoms with van der Waals surface area (Å²) in [4.78, 5) is 0. The highest BCUT2D eigenvalue weighted by Crippen LogP contribution is 2.31. The van der Waals surface area contributed by atoms with Crippen LogP contribution in [0.2, 0.25) is 0 Å². The smallest absolute Gasteiger partial charge is 0.123 e. The Morgan fingerprint density at radius 1 is 1.38 bits per heavy atom. The van der Waals surface area contributed by atoms with Crippen molar-refractivity contribution in [1.29, 1.82) is 0 Å². The van der Waals surface area contributed by atoms with E-state index in [1.165, 1.54) is 0 Å². The molecule has 1 heterocycles. The maximum absolute atomic E-state index is 6.22. The molecule has 1 aliphatic rings. The Morgan fingerprint density at radius 2 is 2.19 bits per heavy atom. The monoisotopic (exact) mass is 219 g/mol. The molecule has 0 radical (unpaired) electrons. The van der Waals surface area contributed by atoms with Crippen LogP contribution in [0.1, 0.15) is 24.4 Å². The molecule has 2 rings (SSSR count). The van der Waals surface area contributed by atoms with E-state index in [0.29, 0.717) is 0 Å². The summed E-state index contributed by atoms with van der Waals surface area (Å²) in [6.45, 7) is 0.794. The number of hydrogen-bond donors (Lipinski definition) is 1. The van der Waals surface area contributed by atoms with Gasteiger partial charge in [-0.3, -0.25) is 0 Å². The molecule has 0 aliphatic carbocycles. The topological polar surface area (TPSA) is 44.5 Å². The van der Waals surface area contributed by atoms with Crippen molar-refractivity contribution in [1.82, 2.24) is 0 Å². The minimum atomic E-state index is -0.128. The van der Waals surface area contributed by atoms with Crippen LogP contribution in [0.5, 0.6) is 5.75 Å². The SMILES string of the molecule is COc1ccccc1C(N)C1=COCCC1. The van der Waals surface area contributed by atoms with E-state index in [4.69, 9.17) is 15.2 Å². The molecule has 3 heteroatoms. The third-order valence-electron chi connectivity index (χ3n) is 2.84. The first-order valence-corrected chi connectivity index (χ1v) is 5.52. The van der Waals surface area contributed by atoms with Crippen molar-refractivity contribution in [3.05, 3.63) is 41.7 Å². The summed E-state index contributed by atoms with van der Waals surface area (Å²) in [5.74, 6) is 0.835. The Labute approximate surface area is 95.9 Å². The van der Waals surface area contributed by atoms with Crippen LogP contribution in [0.15, 0.2) is 36.1 Å². The van der Waals surface area contributed by atoms with Crippen LogP contribution >= 0.6 is 0 Å². The van der Waals surface area contributed by atoms with Crippen molar-refractivity contribution in [2.45, 2.75) is 18.9 Å². The van der Waals surface area contributed by atoms with Crippen molar-refractivity contribution < 1.29 is 9.47 Å². The van der Waals surface area contributed by atoms with Crippen LogP contribution in [0.4, 0.5) is 0 Å². The Morgan fingerprint density at radius 3 is 2.88 bits per heavy atom. The molecule has 86 valence electrons. The minimum absolute atomic E-state index is 0.128. The van der Waals surface area contributed by atoms with Gasteiger partial charge in [0.05, 0.1) is 26.0 Å². The Hall–Kier alpha value is -1.48. The van der Waals surface area contributed by atoms with E-state index in [0.717, 1.165) is 36.3 Å². The number of hydrogen-bond acceptors (Lipinski definition) is 3. The molecule has 1 unspecified atom stereocenters. The molecule has 0 fully saturated rings. The van der Waals surface area contributed by atoms with E-state index in [1.54, 1.807) is 13.4 Å². The van der Waals surface area contributed by atoms with Gasteiger partial charge < -0.3 is 15.2 Å². The van der Waals surface area contributed by atoms with Crippen molar-refractivity contribution in [2.24, 2.45) is 5.73 Å². The number of methoxy groups -OCH3 is 1. The number of para-hydroxylation sites is 1. The van der Waals surface area contributed by atoms with Crippen LogP contribution in [0.25, 0.3) is 0 Å². The quantitative estimate of drug-likeness (QED) is 0.849. The molecule has 1 aromatic rings. The second-order valence-electron chi connectivity index (χ2n) is 3.89. The molecule has 2 N–H and O–H groups in total. The average Bonchev–Trinajstić information content (AvgIpc) is 2.39. The zero-order valence-electron chi connectivity index (χ0n) is 9.48. The van der Waals surface area contributed by atoms with Gasteiger partial charge in [0, 0.05) is 5.56 Å². The normalized spacial score (nSPS) is 17.2. The first-order valence-electron chi connectivity index (χ1n) is 5.52. The van der Waals surface area contributed by atoms with Gasteiger partial charge >= 0.3 is 0 Å². The number of ether oxygens (including phenoxy) is 2. The van der Waals surface area contributed by atoms with E-state index >= 15 is 0 Å². The number of nitrogens with two attached hydrogens (primary N) is 1. The first-order chi connectivity index (χ1) is 7.83. The number of rotatable bonds is 3. The largest absolute Gasteiger partial charge is 0.501 e. The predicted molar refractivity (Wildman–Crippen MR) is 63.2 cm³/mol. The van der Waals surface area contributed by atoms with E-state index in [9.17, 15) is 0 Å². The molecule has 1 aromatic carbocycles. The van der Waals surface area contributed by atoms with Gasteiger partial charge in [-0.25, -0.2) is 0 Å². The van der Waals surface area contributed by atoms with Crippen LogP contribution in [-0.4, -0.2) is 13.7 Å². The zero-order chi connectivity index (χ0) is 11.4. The fourth-order valence-corrected chi connectivity index (χ4v) is 1.94. The second kappa shape index (κ2) is 5.03. The Bertz CT molecular complexity index is 387. The van der Waals surface area contributed by atoms with Crippen LogP contribution in [0, 0.1) is 0 Å². The standard InChI is InChI=1S/C13H17NO2/c1-15-12-7-3-2-6-11(12)13(14)10-5-4-8-16-9-10/h2-3,6-7,9,13H,4-5,8,14H2,1H3. The summed E-state index contributed by atoms with van der Waals surface area (Å²) in [6.07, 6.45) is 3.83. The molecule has 0 amide bonds.